The van der Waals surface area contributed by atoms with Gasteiger partial charge in [-0.2, -0.15) is 0 Å². The third-order valence-electron chi connectivity index (χ3n) is 5.11. The van der Waals surface area contributed by atoms with Crippen LogP contribution in [0.4, 0.5) is 0 Å². The van der Waals surface area contributed by atoms with Gasteiger partial charge < -0.3 is 14.7 Å². The number of carbonyl (C=O) groups is 2. The normalized spacial score (nSPS) is 18.2. The molecule has 1 aromatic carbocycles. The second kappa shape index (κ2) is 8.54. The van der Waals surface area contributed by atoms with E-state index in [-0.39, 0.29) is 11.3 Å². The SMILES string of the molecule is COc1cccc(C(O)=C2C(=O)C(=O)N(CCC[n+]3cc[nH]c3)C2c2cccs2)c1. The van der Waals surface area contributed by atoms with Gasteiger partial charge in [-0.1, -0.05) is 18.2 Å². The summed E-state index contributed by atoms with van der Waals surface area (Å²) in [6.45, 7) is 1.11. The number of likely N-dealkylation sites (tertiary alicyclic amines) is 1. The maximum Gasteiger partial charge on any atom is 0.295 e. The van der Waals surface area contributed by atoms with Gasteiger partial charge in [-0.15, -0.1) is 11.3 Å². The topological polar surface area (TPSA) is 86.5 Å². The number of aromatic amines is 1. The van der Waals surface area contributed by atoms with Crippen molar-refractivity contribution in [3.8, 4) is 5.75 Å². The smallest absolute Gasteiger partial charge is 0.295 e. The molecule has 0 saturated carbocycles. The Morgan fingerprint density at radius 3 is 2.87 bits per heavy atom. The van der Waals surface area contributed by atoms with Crippen LogP contribution in [0.3, 0.4) is 0 Å². The van der Waals surface area contributed by atoms with Gasteiger partial charge in [0.05, 0.1) is 25.3 Å². The van der Waals surface area contributed by atoms with E-state index in [1.807, 2.05) is 40.8 Å². The van der Waals surface area contributed by atoms with E-state index in [4.69, 9.17) is 4.74 Å². The highest BCUT2D eigenvalue weighted by Crippen LogP contribution is 2.41. The summed E-state index contributed by atoms with van der Waals surface area (Å²) in [6, 6.07) is 9.99. The average molecular weight is 425 g/mol. The monoisotopic (exact) mass is 424 g/mol. The van der Waals surface area contributed by atoms with E-state index in [0.717, 1.165) is 4.88 Å². The summed E-state index contributed by atoms with van der Waals surface area (Å²) < 4.78 is 7.20. The molecule has 7 nitrogen and oxygen atoms in total. The second-order valence-corrected chi connectivity index (χ2v) is 7.92. The summed E-state index contributed by atoms with van der Waals surface area (Å²) in [7, 11) is 1.53. The zero-order valence-electron chi connectivity index (χ0n) is 16.4. The Bertz CT molecular complexity index is 1070. The van der Waals surface area contributed by atoms with Crippen molar-refractivity contribution in [2.24, 2.45) is 0 Å². The summed E-state index contributed by atoms with van der Waals surface area (Å²) in [4.78, 5) is 31.2. The molecular formula is C22H22N3O4S+. The molecule has 30 heavy (non-hydrogen) atoms. The minimum absolute atomic E-state index is 0.116. The highest BCUT2D eigenvalue weighted by molar-refractivity contribution is 7.10. The summed E-state index contributed by atoms with van der Waals surface area (Å²) >= 11 is 1.46. The third-order valence-corrected chi connectivity index (χ3v) is 6.04. The lowest BCUT2D eigenvalue weighted by Crippen LogP contribution is -2.35. The predicted octanol–water partition coefficient (Wildman–Crippen LogP) is 2.88. The Labute approximate surface area is 177 Å². The van der Waals surface area contributed by atoms with Crippen molar-refractivity contribution >= 4 is 28.8 Å². The summed E-state index contributed by atoms with van der Waals surface area (Å²) in [5.74, 6) is -0.877. The third kappa shape index (κ3) is 3.73. The molecule has 1 aliphatic heterocycles. The number of imidazole rings is 1. The number of ketones is 1. The zero-order chi connectivity index (χ0) is 21.1. The maximum atomic E-state index is 12.9. The van der Waals surface area contributed by atoms with Crippen LogP contribution in [-0.4, -0.2) is 40.3 Å². The zero-order valence-corrected chi connectivity index (χ0v) is 17.3. The Morgan fingerprint density at radius 1 is 1.30 bits per heavy atom. The minimum Gasteiger partial charge on any atom is -0.507 e. The fourth-order valence-electron chi connectivity index (χ4n) is 3.66. The molecule has 2 N–H and O–H groups in total. The number of thiophene rings is 1. The molecule has 3 aromatic rings. The van der Waals surface area contributed by atoms with Gasteiger partial charge in [0.1, 0.15) is 23.9 Å². The molecule has 8 heteroatoms. The van der Waals surface area contributed by atoms with Gasteiger partial charge in [-0.25, -0.2) is 4.57 Å². The Morgan fingerprint density at radius 2 is 2.17 bits per heavy atom. The van der Waals surface area contributed by atoms with Crippen LogP contribution in [0.5, 0.6) is 5.75 Å². The average Bonchev–Trinajstić information content (AvgIpc) is 3.52. The summed E-state index contributed by atoms with van der Waals surface area (Å²) in [6.07, 6.45) is 6.25. The van der Waals surface area contributed by atoms with Gasteiger partial charge in [0.15, 0.2) is 0 Å². The van der Waals surface area contributed by atoms with Gasteiger partial charge in [0, 0.05) is 23.4 Å². The number of amides is 1. The van der Waals surface area contributed by atoms with E-state index in [1.165, 1.54) is 18.4 Å². The Hall–Kier alpha value is -3.39. The molecule has 0 aliphatic carbocycles. The molecule has 1 unspecified atom stereocenters. The molecule has 154 valence electrons. The fraction of sp³-hybridized carbons (Fsp3) is 0.227. The van der Waals surface area contributed by atoms with Crippen molar-refractivity contribution in [3.05, 3.63) is 76.5 Å². The molecule has 0 spiro atoms. The van der Waals surface area contributed by atoms with Crippen LogP contribution in [0.2, 0.25) is 0 Å². The van der Waals surface area contributed by atoms with Gasteiger partial charge in [-0.05, 0) is 23.6 Å². The van der Waals surface area contributed by atoms with Crippen molar-refractivity contribution in [2.45, 2.75) is 19.0 Å². The Kier molecular flexibility index (Phi) is 5.67. The van der Waals surface area contributed by atoms with Crippen LogP contribution in [-0.2, 0) is 16.1 Å². The maximum absolute atomic E-state index is 12.9. The molecule has 1 fully saturated rings. The molecule has 0 radical (unpaired) electrons. The number of aliphatic hydroxyl groups excluding tert-OH is 1. The molecule has 1 amide bonds. The molecule has 2 aromatic heterocycles. The molecule has 4 rings (SSSR count). The first-order valence-electron chi connectivity index (χ1n) is 9.58. The van der Waals surface area contributed by atoms with Gasteiger partial charge in [-0.3, -0.25) is 14.6 Å². The van der Waals surface area contributed by atoms with Gasteiger partial charge >= 0.3 is 0 Å². The number of nitrogens with one attached hydrogen (secondary N) is 1. The number of Topliss-reactive ketones (excluding diaryl/α,β-unsaturated/α-hetero) is 1. The fourth-order valence-corrected chi connectivity index (χ4v) is 4.51. The van der Waals surface area contributed by atoms with Crippen LogP contribution in [0.1, 0.15) is 22.9 Å². The first-order chi connectivity index (χ1) is 14.6. The number of H-pyrrole nitrogens is 1. The van der Waals surface area contributed by atoms with Crippen molar-refractivity contribution in [1.82, 2.24) is 9.88 Å². The number of aliphatic hydroxyl groups is 1. The van der Waals surface area contributed by atoms with Gasteiger partial charge in [0.25, 0.3) is 11.7 Å². The number of aryl methyl sites for hydroxylation is 1. The van der Waals surface area contributed by atoms with Crippen LogP contribution in [0.25, 0.3) is 5.76 Å². The number of methoxy groups -OCH3 is 1. The number of benzene rings is 1. The van der Waals surface area contributed by atoms with E-state index in [9.17, 15) is 14.7 Å². The molecule has 1 atom stereocenters. The lowest BCUT2D eigenvalue weighted by Gasteiger charge is -2.23. The highest BCUT2D eigenvalue weighted by atomic mass is 32.1. The molecule has 1 saturated heterocycles. The second-order valence-electron chi connectivity index (χ2n) is 6.94. The number of carbonyl (C=O) groups excluding carboxylic acids is 2. The minimum atomic E-state index is -0.664. The van der Waals surface area contributed by atoms with Crippen molar-refractivity contribution < 1.29 is 24.0 Å². The number of nitrogens with zero attached hydrogens (tertiary/aromatic N) is 2. The molecular weight excluding hydrogens is 402 g/mol. The Balaban J connectivity index is 1.69. The van der Waals surface area contributed by atoms with Crippen LogP contribution < -0.4 is 9.30 Å². The van der Waals surface area contributed by atoms with Crippen LogP contribution in [0, 0.1) is 0 Å². The lowest BCUT2D eigenvalue weighted by atomic mass is 9.99. The molecule has 0 bridgehead atoms. The lowest BCUT2D eigenvalue weighted by molar-refractivity contribution is -0.695. The summed E-state index contributed by atoms with van der Waals surface area (Å²) in [5, 5.41) is 12.9. The van der Waals surface area contributed by atoms with Crippen molar-refractivity contribution in [1.29, 1.82) is 0 Å². The van der Waals surface area contributed by atoms with E-state index >= 15 is 0 Å². The van der Waals surface area contributed by atoms with E-state index in [0.29, 0.717) is 30.8 Å². The first-order valence-corrected chi connectivity index (χ1v) is 10.5. The van der Waals surface area contributed by atoms with E-state index in [1.54, 1.807) is 29.2 Å². The van der Waals surface area contributed by atoms with E-state index in [2.05, 4.69) is 4.98 Å². The molecule has 3 heterocycles. The number of hydrogen-bond acceptors (Lipinski definition) is 5. The number of aromatic nitrogens is 2. The largest absolute Gasteiger partial charge is 0.507 e. The number of ether oxygens (including phenoxy) is 1. The van der Waals surface area contributed by atoms with Crippen molar-refractivity contribution in [3.63, 3.8) is 0 Å². The molecule has 1 aliphatic rings. The van der Waals surface area contributed by atoms with Crippen LogP contribution >= 0.6 is 11.3 Å². The van der Waals surface area contributed by atoms with Crippen molar-refractivity contribution in [2.75, 3.05) is 13.7 Å². The predicted molar refractivity (Wildman–Crippen MR) is 112 cm³/mol. The number of hydrogen-bond donors (Lipinski definition) is 2. The van der Waals surface area contributed by atoms with Crippen LogP contribution in [0.15, 0.2) is 66.1 Å². The first kappa shape index (κ1) is 19.9. The number of rotatable bonds is 7. The van der Waals surface area contributed by atoms with E-state index < -0.39 is 17.7 Å². The standard InChI is InChI=1S/C22H21N3O4S/c1-29-16-6-2-5-15(13-16)20(26)18-19(17-7-3-12-30-17)25(22(28)21(18)27)10-4-9-24-11-8-23-14-24/h2-3,5-8,11-14,19H,4,9-10H2,1H3,(H,26,27)/p+1. The quantitative estimate of drug-likeness (QED) is 0.264. The summed E-state index contributed by atoms with van der Waals surface area (Å²) in [5.41, 5.74) is 0.557. The van der Waals surface area contributed by atoms with Gasteiger partial charge in [0.2, 0.25) is 6.33 Å². The highest BCUT2D eigenvalue weighted by Gasteiger charge is 2.46.